The summed E-state index contributed by atoms with van der Waals surface area (Å²) in [5.41, 5.74) is 4.75. The maximum atomic E-state index is 12.2. The number of carbonyl (C=O) groups excluding carboxylic acids is 1. The van der Waals surface area contributed by atoms with Gasteiger partial charge < -0.3 is 5.32 Å². The normalized spacial score (nSPS) is 10.6. The van der Waals surface area contributed by atoms with Gasteiger partial charge in [-0.15, -0.1) is 0 Å². The molecule has 5 heteroatoms. The number of aromatic nitrogens is 3. The molecular formula is C19H20N4O. The zero-order chi connectivity index (χ0) is 16.9. The molecule has 2 aromatic heterocycles. The number of pyridine rings is 1. The molecule has 0 atom stereocenters. The fourth-order valence-electron chi connectivity index (χ4n) is 2.57. The monoisotopic (exact) mass is 320 g/mol. The van der Waals surface area contributed by atoms with Gasteiger partial charge in [-0.1, -0.05) is 19.1 Å². The van der Waals surface area contributed by atoms with Crippen LogP contribution in [0.1, 0.15) is 28.5 Å². The maximum absolute atomic E-state index is 12.2. The molecule has 0 saturated carbocycles. The van der Waals surface area contributed by atoms with Crippen molar-refractivity contribution in [2.75, 3.05) is 0 Å². The molecule has 0 saturated heterocycles. The Morgan fingerprint density at radius 2 is 1.83 bits per heavy atom. The summed E-state index contributed by atoms with van der Waals surface area (Å²) in [6.07, 6.45) is 4.47. The Morgan fingerprint density at radius 3 is 2.50 bits per heavy atom. The van der Waals surface area contributed by atoms with Gasteiger partial charge in [-0.05, 0) is 42.3 Å². The highest BCUT2D eigenvalue weighted by Gasteiger charge is 2.10. The highest BCUT2D eigenvalue weighted by Crippen LogP contribution is 2.18. The van der Waals surface area contributed by atoms with E-state index < -0.39 is 0 Å². The van der Waals surface area contributed by atoms with E-state index in [1.807, 2.05) is 54.2 Å². The lowest BCUT2D eigenvalue weighted by atomic mass is 10.1. The molecule has 1 amide bonds. The highest BCUT2D eigenvalue weighted by molar-refractivity contribution is 5.94. The SMILES string of the molecule is CCc1ccc(C(=O)NCc2cc(-c3ccncc3)n(C)n2)cc1. The number of hydrogen-bond donors (Lipinski definition) is 1. The van der Waals surface area contributed by atoms with Crippen molar-refractivity contribution in [2.24, 2.45) is 7.05 Å². The van der Waals surface area contributed by atoms with E-state index in [0.717, 1.165) is 23.4 Å². The van der Waals surface area contributed by atoms with Crippen LogP contribution in [0.15, 0.2) is 54.9 Å². The number of benzene rings is 1. The van der Waals surface area contributed by atoms with Gasteiger partial charge in [0.1, 0.15) is 0 Å². The number of hydrogen-bond acceptors (Lipinski definition) is 3. The maximum Gasteiger partial charge on any atom is 0.251 e. The molecule has 0 unspecified atom stereocenters. The zero-order valence-corrected chi connectivity index (χ0v) is 13.9. The van der Waals surface area contributed by atoms with Crippen molar-refractivity contribution in [1.82, 2.24) is 20.1 Å². The van der Waals surface area contributed by atoms with Crippen molar-refractivity contribution in [3.8, 4) is 11.3 Å². The van der Waals surface area contributed by atoms with Crippen molar-refractivity contribution < 1.29 is 4.79 Å². The van der Waals surface area contributed by atoms with Gasteiger partial charge in [-0.25, -0.2) is 0 Å². The lowest BCUT2D eigenvalue weighted by molar-refractivity contribution is 0.0950. The van der Waals surface area contributed by atoms with Crippen LogP contribution in [0.25, 0.3) is 11.3 Å². The Bertz CT molecular complexity index is 822. The van der Waals surface area contributed by atoms with Gasteiger partial charge in [0.2, 0.25) is 0 Å². The summed E-state index contributed by atoms with van der Waals surface area (Å²) in [5, 5.41) is 7.38. The first-order valence-corrected chi connectivity index (χ1v) is 7.98. The predicted octanol–water partition coefficient (Wildman–Crippen LogP) is 2.97. The molecule has 24 heavy (non-hydrogen) atoms. The van der Waals surface area contributed by atoms with Gasteiger partial charge in [-0.3, -0.25) is 14.5 Å². The van der Waals surface area contributed by atoms with Gasteiger partial charge in [0.15, 0.2) is 0 Å². The Labute approximate surface area is 141 Å². The molecule has 2 heterocycles. The Hall–Kier alpha value is -2.95. The van der Waals surface area contributed by atoms with Crippen LogP contribution in [0.4, 0.5) is 0 Å². The third kappa shape index (κ3) is 3.51. The average Bonchev–Trinajstić information content (AvgIpc) is 3.01. The second-order valence-corrected chi connectivity index (χ2v) is 5.61. The average molecular weight is 320 g/mol. The fourth-order valence-corrected chi connectivity index (χ4v) is 2.57. The van der Waals surface area contributed by atoms with Crippen LogP contribution < -0.4 is 5.32 Å². The molecule has 0 aliphatic carbocycles. The van der Waals surface area contributed by atoms with E-state index in [2.05, 4.69) is 22.3 Å². The molecule has 122 valence electrons. The molecule has 0 fully saturated rings. The number of aryl methyl sites for hydroxylation is 2. The molecule has 0 radical (unpaired) electrons. The molecule has 0 spiro atoms. The Morgan fingerprint density at radius 1 is 1.12 bits per heavy atom. The van der Waals surface area contributed by atoms with Crippen molar-refractivity contribution >= 4 is 5.91 Å². The number of amides is 1. The van der Waals surface area contributed by atoms with Gasteiger partial charge in [-0.2, -0.15) is 5.10 Å². The second kappa shape index (κ2) is 7.08. The van der Waals surface area contributed by atoms with Crippen LogP contribution >= 0.6 is 0 Å². The molecule has 0 aliphatic rings. The lowest BCUT2D eigenvalue weighted by Gasteiger charge is -2.04. The minimum atomic E-state index is -0.0891. The lowest BCUT2D eigenvalue weighted by Crippen LogP contribution is -2.23. The molecule has 3 aromatic rings. The van der Waals surface area contributed by atoms with E-state index >= 15 is 0 Å². The third-order valence-electron chi connectivity index (χ3n) is 3.96. The van der Waals surface area contributed by atoms with Gasteiger partial charge in [0.05, 0.1) is 17.9 Å². The van der Waals surface area contributed by atoms with E-state index in [0.29, 0.717) is 12.1 Å². The number of nitrogens with one attached hydrogen (secondary N) is 1. The van der Waals surface area contributed by atoms with E-state index in [1.54, 1.807) is 12.4 Å². The molecule has 1 N–H and O–H groups in total. The standard InChI is InChI=1S/C19H20N4O/c1-3-14-4-6-16(7-5-14)19(24)21-13-17-12-18(23(2)22-17)15-8-10-20-11-9-15/h4-12H,3,13H2,1-2H3,(H,21,24). The molecule has 1 aromatic carbocycles. The second-order valence-electron chi connectivity index (χ2n) is 5.61. The van der Waals surface area contributed by atoms with Crippen LogP contribution in [0, 0.1) is 0 Å². The van der Waals surface area contributed by atoms with Crippen molar-refractivity contribution in [3.63, 3.8) is 0 Å². The van der Waals surface area contributed by atoms with Crippen LogP contribution in [-0.4, -0.2) is 20.7 Å². The van der Waals surface area contributed by atoms with E-state index in [9.17, 15) is 4.79 Å². The van der Waals surface area contributed by atoms with Crippen LogP contribution in [-0.2, 0) is 20.0 Å². The molecule has 0 aliphatic heterocycles. The molecule has 0 bridgehead atoms. The van der Waals surface area contributed by atoms with Gasteiger partial charge >= 0.3 is 0 Å². The molecule has 3 rings (SSSR count). The van der Waals surface area contributed by atoms with Crippen LogP contribution in [0.2, 0.25) is 0 Å². The number of carbonyl (C=O) groups is 1. The minimum Gasteiger partial charge on any atom is -0.346 e. The number of nitrogens with zero attached hydrogens (tertiary/aromatic N) is 3. The minimum absolute atomic E-state index is 0.0891. The number of rotatable bonds is 5. The highest BCUT2D eigenvalue weighted by atomic mass is 16.1. The van der Waals surface area contributed by atoms with E-state index in [4.69, 9.17) is 0 Å². The molecule has 5 nitrogen and oxygen atoms in total. The van der Waals surface area contributed by atoms with E-state index in [1.165, 1.54) is 5.56 Å². The van der Waals surface area contributed by atoms with Gasteiger partial charge in [0.25, 0.3) is 5.91 Å². The van der Waals surface area contributed by atoms with Gasteiger partial charge in [0, 0.05) is 30.6 Å². The smallest absolute Gasteiger partial charge is 0.251 e. The van der Waals surface area contributed by atoms with Crippen molar-refractivity contribution in [3.05, 3.63) is 71.7 Å². The molecular weight excluding hydrogens is 300 g/mol. The summed E-state index contributed by atoms with van der Waals surface area (Å²) >= 11 is 0. The predicted molar refractivity (Wildman–Crippen MR) is 93.4 cm³/mol. The van der Waals surface area contributed by atoms with Crippen molar-refractivity contribution in [1.29, 1.82) is 0 Å². The third-order valence-corrected chi connectivity index (χ3v) is 3.96. The summed E-state index contributed by atoms with van der Waals surface area (Å²) in [4.78, 5) is 16.3. The van der Waals surface area contributed by atoms with Crippen molar-refractivity contribution in [2.45, 2.75) is 19.9 Å². The summed E-state index contributed by atoms with van der Waals surface area (Å²) in [6.45, 7) is 2.49. The largest absolute Gasteiger partial charge is 0.346 e. The Kier molecular flexibility index (Phi) is 4.70. The fraction of sp³-hybridized carbons (Fsp3) is 0.211. The van der Waals surface area contributed by atoms with Crippen LogP contribution in [0.5, 0.6) is 0 Å². The quantitative estimate of drug-likeness (QED) is 0.786. The summed E-state index contributed by atoms with van der Waals surface area (Å²) < 4.78 is 1.81. The zero-order valence-electron chi connectivity index (χ0n) is 13.9. The summed E-state index contributed by atoms with van der Waals surface area (Å²) in [6, 6.07) is 13.5. The topological polar surface area (TPSA) is 59.8 Å². The summed E-state index contributed by atoms with van der Waals surface area (Å²) in [5.74, 6) is -0.0891. The van der Waals surface area contributed by atoms with Crippen LogP contribution in [0.3, 0.4) is 0 Å². The summed E-state index contributed by atoms with van der Waals surface area (Å²) in [7, 11) is 1.89. The Balaban J connectivity index is 1.67. The van der Waals surface area contributed by atoms with E-state index in [-0.39, 0.29) is 5.91 Å². The first kappa shape index (κ1) is 15.9. The first-order valence-electron chi connectivity index (χ1n) is 7.98. The first-order chi connectivity index (χ1) is 11.7.